The molecule has 1 aliphatic heterocycles. The van der Waals surface area contributed by atoms with Gasteiger partial charge in [-0.2, -0.15) is 5.10 Å². The fourth-order valence-electron chi connectivity index (χ4n) is 6.32. The molecule has 0 saturated carbocycles. The summed E-state index contributed by atoms with van der Waals surface area (Å²) in [5.74, 6) is 0.165. The molecule has 7 rings (SSSR count). The van der Waals surface area contributed by atoms with Crippen molar-refractivity contribution in [3.63, 3.8) is 0 Å². The van der Waals surface area contributed by atoms with Gasteiger partial charge in [0.05, 0.1) is 52.2 Å². The molecular weight excluding hydrogens is 603 g/mol. The number of aromatic nitrogens is 8. The zero-order valence-electron chi connectivity index (χ0n) is 27.5. The zero-order chi connectivity index (χ0) is 33.4. The van der Waals surface area contributed by atoms with Crippen molar-refractivity contribution < 1.29 is 13.9 Å². The molecule has 0 spiro atoms. The molecule has 244 valence electrons. The first-order valence-electron chi connectivity index (χ1n) is 15.4. The van der Waals surface area contributed by atoms with Crippen molar-refractivity contribution in [2.24, 2.45) is 28.2 Å². The summed E-state index contributed by atoms with van der Waals surface area (Å²) in [4.78, 5) is 39.3. The van der Waals surface area contributed by atoms with Crippen LogP contribution in [0.25, 0.3) is 50.4 Å². The number of benzene rings is 2. The number of hydrogen-bond acceptors (Lipinski definition) is 7. The molecule has 0 radical (unpaired) electrons. The summed E-state index contributed by atoms with van der Waals surface area (Å²) in [6.07, 6.45) is 6.47. The van der Waals surface area contributed by atoms with Crippen molar-refractivity contribution in [3.05, 3.63) is 65.5 Å². The highest BCUT2D eigenvalue weighted by Crippen LogP contribution is 2.37. The van der Waals surface area contributed by atoms with Gasteiger partial charge in [-0.3, -0.25) is 18.4 Å². The van der Waals surface area contributed by atoms with Crippen LogP contribution in [0.2, 0.25) is 0 Å². The topological polar surface area (TPSA) is 113 Å². The molecule has 2 aromatic carbocycles. The Bertz CT molecular complexity index is 2240. The molecule has 1 saturated heterocycles. The van der Waals surface area contributed by atoms with Gasteiger partial charge in [-0.05, 0) is 39.0 Å². The first kappa shape index (κ1) is 30.3. The van der Waals surface area contributed by atoms with E-state index in [-0.39, 0.29) is 11.8 Å². The van der Waals surface area contributed by atoms with Gasteiger partial charge in [0.2, 0.25) is 0 Å². The van der Waals surface area contributed by atoms with Gasteiger partial charge in [0, 0.05) is 77.8 Å². The van der Waals surface area contributed by atoms with Gasteiger partial charge in [-0.25, -0.2) is 23.9 Å². The van der Waals surface area contributed by atoms with Crippen molar-refractivity contribution in [2.45, 2.75) is 26.4 Å². The van der Waals surface area contributed by atoms with E-state index in [2.05, 4.69) is 15.0 Å². The molecule has 4 aromatic heterocycles. The van der Waals surface area contributed by atoms with Crippen LogP contribution >= 0.6 is 0 Å². The lowest BCUT2D eigenvalue weighted by molar-refractivity contribution is 0.0240. The number of ether oxygens (including phenoxy) is 1. The summed E-state index contributed by atoms with van der Waals surface area (Å²) in [6, 6.07) is 7.19. The van der Waals surface area contributed by atoms with Crippen molar-refractivity contribution >= 4 is 33.8 Å². The van der Waals surface area contributed by atoms with Crippen LogP contribution < -0.4 is 10.6 Å². The second kappa shape index (κ2) is 10.9. The third-order valence-electron chi connectivity index (χ3n) is 8.66. The third-order valence-corrected chi connectivity index (χ3v) is 8.66. The summed E-state index contributed by atoms with van der Waals surface area (Å²) in [7, 11) is 7.17. The number of hydrogen-bond donors (Lipinski definition) is 0. The second-order valence-electron chi connectivity index (χ2n) is 13.1. The highest BCUT2D eigenvalue weighted by atomic mass is 19.1. The van der Waals surface area contributed by atoms with Crippen LogP contribution in [-0.4, -0.2) is 80.8 Å². The minimum absolute atomic E-state index is 0.166. The number of amides is 1. The standard InChI is InChI=1S/C33H37FN10O3/c1-33(2,3)47-32(46)43-10-8-42(9-11-43)27-13-21(12-26-29(27)41(7)31(45)40(26)6)44-25-15-23(34)22(20-16-36-39(5)18-20)14-24(25)37-30(44)28-17-35-19-38(28)4/h12-19H,8-11H2,1-7H3. The number of carbonyl (C=O) groups is 1. The summed E-state index contributed by atoms with van der Waals surface area (Å²) >= 11 is 0. The lowest BCUT2D eigenvalue weighted by atomic mass is 10.1. The Morgan fingerprint density at radius 2 is 1.68 bits per heavy atom. The maximum Gasteiger partial charge on any atom is 0.410 e. The van der Waals surface area contributed by atoms with Gasteiger partial charge in [0.1, 0.15) is 17.1 Å². The smallest absolute Gasteiger partial charge is 0.410 e. The lowest BCUT2D eigenvalue weighted by Crippen LogP contribution is -2.50. The second-order valence-corrected chi connectivity index (χ2v) is 13.1. The Kier molecular flexibility index (Phi) is 6.99. The summed E-state index contributed by atoms with van der Waals surface area (Å²) in [6.45, 7) is 7.53. The zero-order valence-corrected chi connectivity index (χ0v) is 27.5. The molecule has 47 heavy (non-hydrogen) atoms. The number of carbonyl (C=O) groups excluding carboxylic acids is 1. The van der Waals surface area contributed by atoms with Gasteiger partial charge >= 0.3 is 11.8 Å². The average Bonchev–Trinajstić information content (AvgIpc) is 3.79. The Morgan fingerprint density at radius 1 is 0.936 bits per heavy atom. The van der Waals surface area contributed by atoms with E-state index < -0.39 is 11.4 Å². The molecule has 0 N–H and O–H groups in total. The normalized spacial score (nSPS) is 14.1. The number of piperazine rings is 1. The minimum atomic E-state index is -0.589. The Morgan fingerprint density at radius 3 is 2.32 bits per heavy atom. The molecule has 0 atom stereocenters. The number of nitrogens with zero attached hydrogens (tertiary/aromatic N) is 10. The first-order valence-corrected chi connectivity index (χ1v) is 15.4. The van der Waals surface area contributed by atoms with E-state index in [9.17, 15) is 9.59 Å². The molecular formula is C33H37FN10O3. The van der Waals surface area contributed by atoms with E-state index in [4.69, 9.17) is 9.72 Å². The third kappa shape index (κ3) is 5.13. The highest BCUT2D eigenvalue weighted by molar-refractivity contribution is 5.94. The summed E-state index contributed by atoms with van der Waals surface area (Å²) < 4.78 is 30.2. The number of imidazole rings is 3. The number of rotatable bonds is 4. The van der Waals surface area contributed by atoms with Gasteiger partial charge in [-0.15, -0.1) is 0 Å². The Hall–Kier alpha value is -5.40. The molecule has 1 aliphatic rings. The van der Waals surface area contributed by atoms with Crippen LogP contribution in [0, 0.1) is 5.82 Å². The fraction of sp³-hybridized carbons (Fsp3) is 0.364. The largest absolute Gasteiger partial charge is 0.444 e. The number of anilines is 1. The van der Waals surface area contributed by atoms with Gasteiger partial charge < -0.3 is 19.1 Å². The van der Waals surface area contributed by atoms with E-state index in [0.717, 1.165) is 16.9 Å². The monoisotopic (exact) mass is 640 g/mol. The van der Waals surface area contributed by atoms with Crippen molar-refractivity contribution in [1.29, 1.82) is 0 Å². The van der Waals surface area contributed by atoms with E-state index in [0.29, 0.717) is 65.4 Å². The molecule has 14 heteroatoms. The molecule has 5 heterocycles. The lowest BCUT2D eigenvalue weighted by Gasteiger charge is -2.37. The van der Waals surface area contributed by atoms with Crippen LogP contribution in [0.1, 0.15) is 20.8 Å². The molecule has 6 aromatic rings. The van der Waals surface area contributed by atoms with Gasteiger partial charge in [0.15, 0.2) is 5.82 Å². The van der Waals surface area contributed by atoms with Crippen LogP contribution in [0.3, 0.4) is 0 Å². The summed E-state index contributed by atoms with van der Waals surface area (Å²) in [5, 5.41) is 4.22. The quantitative estimate of drug-likeness (QED) is 0.284. The SMILES string of the molecule is Cn1cc(-c2cc3nc(-c4cncn4C)n(-c4cc(N5CCN(C(=O)OC(C)(C)C)CC5)c5c(c4)n(C)c(=O)n5C)c3cc2F)cn1. The predicted molar refractivity (Wildman–Crippen MR) is 177 cm³/mol. The van der Waals surface area contributed by atoms with E-state index >= 15 is 4.39 Å². The Balaban J connectivity index is 1.41. The predicted octanol–water partition coefficient (Wildman–Crippen LogP) is 4.21. The fourth-order valence-corrected chi connectivity index (χ4v) is 6.32. The van der Waals surface area contributed by atoms with Crippen LogP contribution in [-0.2, 0) is 32.9 Å². The maximum atomic E-state index is 15.9. The Labute approximate surface area is 270 Å². The van der Waals surface area contributed by atoms with Gasteiger partial charge in [0.25, 0.3) is 0 Å². The number of aryl methyl sites for hydroxylation is 4. The van der Waals surface area contributed by atoms with Gasteiger partial charge in [-0.1, -0.05) is 0 Å². The number of fused-ring (bicyclic) bond motifs is 2. The molecule has 0 aliphatic carbocycles. The average molecular weight is 641 g/mol. The van der Waals surface area contributed by atoms with E-state index in [1.165, 1.54) is 6.07 Å². The minimum Gasteiger partial charge on any atom is -0.444 e. The van der Waals surface area contributed by atoms with Crippen molar-refractivity contribution in [3.8, 4) is 28.3 Å². The molecule has 1 amide bonds. The van der Waals surface area contributed by atoms with Crippen molar-refractivity contribution in [2.75, 3.05) is 31.1 Å². The summed E-state index contributed by atoms with van der Waals surface area (Å²) in [5.41, 5.74) is 5.20. The van der Waals surface area contributed by atoms with Crippen LogP contribution in [0.5, 0.6) is 0 Å². The maximum absolute atomic E-state index is 15.9. The number of halogens is 1. The molecule has 0 unspecified atom stereocenters. The van der Waals surface area contributed by atoms with Crippen molar-refractivity contribution in [1.82, 2.24) is 42.9 Å². The molecule has 0 bridgehead atoms. The van der Waals surface area contributed by atoms with E-state index in [1.54, 1.807) is 70.8 Å². The first-order chi connectivity index (χ1) is 22.3. The van der Waals surface area contributed by atoms with Crippen LogP contribution in [0.15, 0.2) is 54.0 Å². The van der Waals surface area contributed by atoms with Crippen LogP contribution in [0.4, 0.5) is 14.9 Å². The molecule has 1 fully saturated rings. The molecule has 13 nitrogen and oxygen atoms in total. The highest BCUT2D eigenvalue weighted by Gasteiger charge is 2.29. The van der Waals surface area contributed by atoms with E-state index in [1.807, 2.05) is 49.1 Å².